The molecule has 142 valence electrons. The number of rotatable bonds is 5. The molecule has 2 aromatic carbocycles. The Morgan fingerprint density at radius 2 is 1.07 bits per heavy atom. The molecule has 4 aromatic rings. The maximum atomic E-state index is 13.4. The summed E-state index contributed by atoms with van der Waals surface area (Å²) >= 11 is 0. The molecule has 4 rings (SSSR count). The van der Waals surface area contributed by atoms with Crippen molar-refractivity contribution in [2.24, 2.45) is 0 Å². The lowest BCUT2D eigenvalue weighted by Crippen LogP contribution is -2.40. The molecule has 0 aliphatic heterocycles. The average Bonchev–Trinajstić information content (AvgIpc) is 2.70. The van der Waals surface area contributed by atoms with E-state index in [1.165, 1.54) is 9.35 Å². The summed E-state index contributed by atoms with van der Waals surface area (Å²) in [5, 5.41) is 0.981. The van der Waals surface area contributed by atoms with Crippen LogP contribution >= 0.6 is 0 Å². The van der Waals surface area contributed by atoms with Gasteiger partial charge in [0.05, 0.1) is 21.8 Å². The smallest absolute Gasteiger partial charge is 0.267 e. The van der Waals surface area contributed by atoms with Crippen molar-refractivity contribution < 1.29 is 0 Å². The Balaban J connectivity index is 2.17. The Kier molecular flexibility index (Phi) is 4.77. The van der Waals surface area contributed by atoms with E-state index in [-0.39, 0.29) is 11.1 Å². The molecule has 0 amide bonds. The first-order valence-electron chi connectivity index (χ1n) is 9.67. The van der Waals surface area contributed by atoms with Crippen LogP contribution < -0.4 is 11.1 Å². The maximum Gasteiger partial charge on any atom is 0.280 e. The number of aryl methyl sites for hydroxylation is 2. The predicted molar refractivity (Wildman–Crippen MR) is 111 cm³/mol. The van der Waals surface area contributed by atoms with Gasteiger partial charge in [0.15, 0.2) is 0 Å². The fourth-order valence-corrected chi connectivity index (χ4v) is 3.52. The van der Waals surface area contributed by atoms with Crippen LogP contribution in [0.15, 0.2) is 58.1 Å². The summed E-state index contributed by atoms with van der Waals surface area (Å²) in [7, 11) is 0. The van der Waals surface area contributed by atoms with Crippen molar-refractivity contribution in [1.29, 1.82) is 0 Å². The van der Waals surface area contributed by atoms with Crippen LogP contribution in [0.25, 0.3) is 21.8 Å². The molecule has 0 bridgehead atoms. The van der Waals surface area contributed by atoms with Gasteiger partial charge in [-0.15, -0.1) is 0 Å². The Morgan fingerprint density at radius 1 is 0.679 bits per heavy atom. The van der Waals surface area contributed by atoms with Crippen LogP contribution in [0.5, 0.6) is 0 Å². The van der Waals surface area contributed by atoms with Crippen molar-refractivity contribution in [1.82, 2.24) is 19.3 Å². The molecule has 0 atom stereocenters. The monoisotopic (exact) mass is 374 g/mol. The first-order chi connectivity index (χ1) is 13.7. The Labute approximate surface area is 162 Å². The molecule has 0 aliphatic carbocycles. The largest absolute Gasteiger partial charge is 0.280 e. The standard InChI is InChI=1S/C22H22N4O2/c1-3-9-19-23-17-13-7-5-11-15(17)21(27)25(19)26-20(10-4-2)24-18-14-8-6-12-16(18)22(26)28/h5-8,11-14H,3-4,9-10H2,1-2H3. The summed E-state index contributed by atoms with van der Waals surface area (Å²) in [6.07, 6.45) is 2.79. The first-order valence-corrected chi connectivity index (χ1v) is 9.67. The van der Waals surface area contributed by atoms with E-state index in [0.29, 0.717) is 46.3 Å². The fraction of sp³-hybridized carbons (Fsp3) is 0.273. The molecule has 6 heteroatoms. The average molecular weight is 374 g/mol. The third-order valence-electron chi connectivity index (χ3n) is 4.79. The zero-order valence-electron chi connectivity index (χ0n) is 16.1. The number of aromatic nitrogens is 4. The molecule has 2 heterocycles. The molecule has 0 saturated carbocycles. The normalized spacial score (nSPS) is 11.4. The second kappa shape index (κ2) is 7.38. The summed E-state index contributed by atoms with van der Waals surface area (Å²) in [5.41, 5.74) is 0.799. The van der Waals surface area contributed by atoms with E-state index in [4.69, 9.17) is 9.97 Å². The van der Waals surface area contributed by atoms with E-state index in [2.05, 4.69) is 0 Å². The number of para-hydroxylation sites is 2. The number of benzene rings is 2. The summed E-state index contributed by atoms with van der Waals surface area (Å²) in [6.45, 7) is 4.06. The number of hydrogen-bond acceptors (Lipinski definition) is 4. The molecule has 2 aromatic heterocycles. The summed E-state index contributed by atoms with van der Waals surface area (Å²) in [4.78, 5) is 36.2. The third-order valence-corrected chi connectivity index (χ3v) is 4.79. The molecule has 0 aliphatic rings. The highest BCUT2D eigenvalue weighted by Crippen LogP contribution is 2.13. The van der Waals surface area contributed by atoms with Gasteiger partial charge in [-0.25, -0.2) is 9.97 Å². The van der Waals surface area contributed by atoms with Crippen molar-refractivity contribution >= 4 is 21.8 Å². The summed E-state index contributed by atoms with van der Waals surface area (Å²) in [5.74, 6) is 1.14. The van der Waals surface area contributed by atoms with Gasteiger partial charge in [-0.3, -0.25) is 9.59 Å². The molecule has 0 fully saturated rings. The SMILES string of the molecule is CCCc1nc2ccccc2c(=O)n1-n1c(CCC)nc2ccccc2c1=O. The lowest BCUT2D eigenvalue weighted by molar-refractivity contribution is 0.519. The van der Waals surface area contributed by atoms with Crippen LogP contribution in [0.2, 0.25) is 0 Å². The molecule has 0 saturated heterocycles. The van der Waals surface area contributed by atoms with Crippen LogP contribution in [0.1, 0.15) is 38.3 Å². The highest BCUT2D eigenvalue weighted by Gasteiger charge is 2.18. The Hall–Kier alpha value is -3.28. The minimum atomic E-state index is -0.245. The zero-order valence-corrected chi connectivity index (χ0v) is 16.1. The minimum Gasteiger partial charge on any atom is -0.267 e. The van der Waals surface area contributed by atoms with Gasteiger partial charge in [0.2, 0.25) is 0 Å². The van der Waals surface area contributed by atoms with Gasteiger partial charge in [0.25, 0.3) is 11.1 Å². The van der Waals surface area contributed by atoms with E-state index < -0.39 is 0 Å². The molecule has 6 nitrogen and oxygen atoms in total. The van der Waals surface area contributed by atoms with Crippen LogP contribution in [0, 0.1) is 0 Å². The first kappa shape index (κ1) is 18.1. The zero-order chi connectivity index (χ0) is 19.7. The van der Waals surface area contributed by atoms with E-state index in [1.54, 1.807) is 12.1 Å². The second-order valence-electron chi connectivity index (χ2n) is 6.82. The molecule has 0 radical (unpaired) electrons. The van der Waals surface area contributed by atoms with Crippen molar-refractivity contribution in [3.05, 3.63) is 80.9 Å². The van der Waals surface area contributed by atoms with E-state index in [0.717, 1.165) is 12.8 Å². The topological polar surface area (TPSA) is 69.8 Å². The lowest BCUT2D eigenvalue weighted by atomic mass is 10.2. The third kappa shape index (κ3) is 2.91. The molecular formula is C22H22N4O2. The maximum absolute atomic E-state index is 13.4. The van der Waals surface area contributed by atoms with Gasteiger partial charge < -0.3 is 0 Å². The summed E-state index contributed by atoms with van der Waals surface area (Å²) < 4.78 is 2.86. The van der Waals surface area contributed by atoms with Crippen molar-refractivity contribution in [2.75, 3.05) is 0 Å². The van der Waals surface area contributed by atoms with E-state index >= 15 is 0 Å². The molecular weight excluding hydrogens is 352 g/mol. The highest BCUT2D eigenvalue weighted by molar-refractivity contribution is 5.78. The Bertz CT molecular complexity index is 1190. The van der Waals surface area contributed by atoms with Gasteiger partial charge in [0.1, 0.15) is 11.6 Å². The summed E-state index contributed by atoms with van der Waals surface area (Å²) in [6, 6.07) is 14.5. The van der Waals surface area contributed by atoms with Crippen molar-refractivity contribution in [2.45, 2.75) is 39.5 Å². The quantitative estimate of drug-likeness (QED) is 0.537. The number of hydrogen-bond donors (Lipinski definition) is 0. The van der Waals surface area contributed by atoms with Crippen LogP contribution in [0.3, 0.4) is 0 Å². The van der Waals surface area contributed by atoms with Crippen LogP contribution in [0.4, 0.5) is 0 Å². The molecule has 0 N–H and O–H groups in total. The van der Waals surface area contributed by atoms with E-state index in [9.17, 15) is 9.59 Å². The predicted octanol–water partition coefficient (Wildman–Crippen LogP) is 3.32. The second-order valence-corrected chi connectivity index (χ2v) is 6.82. The van der Waals surface area contributed by atoms with Gasteiger partial charge >= 0.3 is 0 Å². The fourth-order valence-electron chi connectivity index (χ4n) is 3.52. The van der Waals surface area contributed by atoms with Crippen molar-refractivity contribution in [3.8, 4) is 0 Å². The Morgan fingerprint density at radius 3 is 1.46 bits per heavy atom. The van der Waals surface area contributed by atoms with E-state index in [1.807, 2.05) is 50.2 Å². The minimum absolute atomic E-state index is 0.245. The molecule has 28 heavy (non-hydrogen) atoms. The molecule has 0 spiro atoms. The molecule has 0 unspecified atom stereocenters. The van der Waals surface area contributed by atoms with Gasteiger partial charge in [-0.2, -0.15) is 9.35 Å². The van der Waals surface area contributed by atoms with Crippen LogP contribution in [-0.2, 0) is 12.8 Å². The number of fused-ring (bicyclic) bond motifs is 2. The van der Waals surface area contributed by atoms with Crippen LogP contribution in [-0.4, -0.2) is 19.3 Å². The highest BCUT2D eigenvalue weighted by atomic mass is 16.2. The number of nitrogens with zero attached hydrogens (tertiary/aromatic N) is 4. The lowest BCUT2D eigenvalue weighted by Gasteiger charge is -2.18. The van der Waals surface area contributed by atoms with Gasteiger partial charge in [-0.05, 0) is 37.1 Å². The van der Waals surface area contributed by atoms with Gasteiger partial charge in [-0.1, -0.05) is 38.1 Å². The van der Waals surface area contributed by atoms with Crippen molar-refractivity contribution in [3.63, 3.8) is 0 Å². The van der Waals surface area contributed by atoms with Gasteiger partial charge in [0, 0.05) is 12.8 Å².